The van der Waals surface area contributed by atoms with Crippen molar-refractivity contribution in [2.75, 3.05) is 6.61 Å². The van der Waals surface area contributed by atoms with Gasteiger partial charge in [-0.05, 0) is 68.1 Å². The van der Waals surface area contributed by atoms with E-state index in [1.807, 2.05) is 61.5 Å². The maximum Gasteiger partial charge on any atom is 0.316 e. The molecule has 0 heterocycles. The molecule has 3 nitrogen and oxygen atoms in total. The van der Waals surface area contributed by atoms with Crippen molar-refractivity contribution in [1.29, 1.82) is 5.26 Å². The third-order valence-corrected chi connectivity index (χ3v) is 7.60. The van der Waals surface area contributed by atoms with Gasteiger partial charge in [-0.15, -0.1) is 0 Å². The molecule has 0 saturated heterocycles. The highest BCUT2D eigenvalue weighted by Gasteiger charge is 2.45. The zero-order chi connectivity index (χ0) is 23.9. The highest BCUT2D eigenvalue weighted by atomic mass is 16.5. The Morgan fingerprint density at radius 1 is 0.912 bits per heavy atom. The van der Waals surface area contributed by atoms with E-state index in [0.717, 1.165) is 55.2 Å². The Morgan fingerprint density at radius 2 is 1.41 bits per heavy atom. The molecule has 1 fully saturated rings. The van der Waals surface area contributed by atoms with Crippen LogP contribution in [-0.2, 0) is 20.4 Å². The third-order valence-electron chi connectivity index (χ3n) is 7.60. The van der Waals surface area contributed by atoms with Crippen LogP contribution in [-0.4, -0.2) is 12.6 Å². The van der Waals surface area contributed by atoms with E-state index in [4.69, 9.17) is 4.74 Å². The van der Waals surface area contributed by atoms with Crippen molar-refractivity contribution in [2.24, 2.45) is 5.92 Å². The van der Waals surface area contributed by atoms with E-state index in [1.54, 1.807) is 0 Å². The molecule has 0 atom stereocenters. The highest BCUT2D eigenvalue weighted by Crippen LogP contribution is 2.46. The van der Waals surface area contributed by atoms with E-state index in [1.165, 1.54) is 0 Å². The molecule has 3 aromatic carbocycles. The van der Waals surface area contributed by atoms with E-state index in [2.05, 4.69) is 42.5 Å². The van der Waals surface area contributed by atoms with E-state index < -0.39 is 10.8 Å². The second kappa shape index (κ2) is 10.7. The number of hydrogen-bond acceptors (Lipinski definition) is 3. The van der Waals surface area contributed by atoms with Crippen LogP contribution in [0.5, 0.6) is 0 Å². The van der Waals surface area contributed by atoms with Crippen molar-refractivity contribution < 1.29 is 9.53 Å². The molecule has 4 rings (SSSR count). The quantitative estimate of drug-likeness (QED) is 0.348. The van der Waals surface area contributed by atoms with Crippen molar-refractivity contribution >= 4 is 5.97 Å². The van der Waals surface area contributed by atoms with Crippen molar-refractivity contribution in [3.8, 4) is 6.07 Å². The Balaban J connectivity index is 1.54. The molecule has 1 aliphatic carbocycles. The molecule has 0 aromatic heterocycles. The molecule has 0 spiro atoms. The standard InChI is InChI=1S/C31H33NO2/c1-2-34-29(33)30(26-12-6-3-7-13-26)21-18-25(19-22-30)20-23-31(24-32,27-14-8-4-9-15-27)28-16-10-5-11-17-28/h3-17,25H,2,18-23H2,1H3. The van der Waals surface area contributed by atoms with Crippen LogP contribution in [0.2, 0.25) is 0 Å². The van der Waals surface area contributed by atoms with Gasteiger partial charge in [0.25, 0.3) is 0 Å². The first-order valence-corrected chi connectivity index (χ1v) is 12.4. The molecule has 1 saturated carbocycles. The summed E-state index contributed by atoms with van der Waals surface area (Å²) >= 11 is 0. The fraction of sp³-hybridized carbons (Fsp3) is 0.355. The minimum atomic E-state index is -0.669. The van der Waals surface area contributed by atoms with Crippen LogP contribution in [0, 0.1) is 17.2 Å². The molecular formula is C31H33NO2. The molecule has 0 N–H and O–H groups in total. The number of hydrogen-bond donors (Lipinski definition) is 0. The number of benzene rings is 3. The van der Waals surface area contributed by atoms with Gasteiger partial charge < -0.3 is 4.74 Å². The number of carbonyl (C=O) groups is 1. The topological polar surface area (TPSA) is 50.1 Å². The largest absolute Gasteiger partial charge is 0.465 e. The average molecular weight is 452 g/mol. The van der Waals surface area contributed by atoms with Crippen molar-refractivity contribution in [3.63, 3.8) is 0 Å². The van der Waals surface area contributed by atoms with E-state index >= 15 is 0 Å². The second-order valence-corrected chi connectivity index (χ2v) is 9.40. The van der Waals surface area contributed by atoms with Gasteiger partial charge in [-0.3, -0.25) is 4.79 Å². The predicted molar refractivity (Wildman–Crippen MR) is 135 cm³/mol. The minimum absolute atomic E-state index is 0.0976. The Hall–Kier alpha value is -3.38. The molecule has 3 heteroatoms. The van der Waals surface area contributed by atoms with Crippen LogP contribution in [0.3, 0.4) is 0 Å². The van der Waals surface area contributed by atoms with Crippen molar-refractivity contribution in [2.45, 2.75) is 56.3 Å². The van der Waals surface area contributed by atoms with E-state index in [-0.39, 0.29) is 5.97 Å². The van der Waals surface area contributed by atoms with Crippen LogP contribution < -0.4 is 0 Å². The Labute approximate surface area is 203 Å². The molecule has 0 unspecified atom stereocenters. The molecule has 0 radical (unpaired) electrons. The zero-order valence-corrected chi connectivity index (χ0v) is 20.0. The molecule has 0 bridgehead atoms. The first-order valence-electron chi connectivity index (χ1n) is 12.4. The summed E-state index contributed by atoms with van der Waals surface area (Å²) in [5, 5.41) is 10.5. The number of carbonyl (C=O) groups excluding carboxylic acids is 1. The lowest BCUT2D eigenvalue weighted by atomic mass is 9.64. The maximum absolute atomic E-state index is 13.1. The van der Waals surface area contributed by atoms with Crippen molar-refractivity contribution in [3.05, 3.63) is 108 Å². The molecule has 0 amide bonds. The fourth-order valence-corrected chi connectivity index (χ4v) is 5.60. The number of nitriles is 1. The number of ether oxygens (including phenoxy) is 1. The summed E-state index contributed by atoms with van der Waals surface area (Å²) in [4.78, 5) is 13.1. The predicted octanol–water partition coefficient (Wildman–Crippen LogP) is 6.97. The molecule has 3 aromatic rings. The van der Waals surface area contributed by atoms with Gasteiger partial charge in [-0.1, -0.05) is 91.0 Å². The molecule has 0 aliphatic heterocycles. The van der Waals surface area contributed by atoms with Crippen LogP contribution in [0.25, 0.3) is 0 Å². The Bertz CT molecular complexity index is 1050. The zero-order valence-electron chi connectivity index (χ0n) is 20.0. The van der Waals surface area contributed by atoms with Gasteiger partial charge in [0.2, 0.25) is 0 Å². The normalized spacial score (nSPS) is 20.3. The fourth-order valence-electron chi connectivity index (χ4n) is 5.60. The first-order chi connectivity index (χ1) is 16.6. The molecule has 174 valence electrons. The summed E-state index contributed by atoms with van der Waals surface area (Å²) in [7, 11) is 0. The Kier molecular flexibility index (Phi) is 7.48. The minimum Gasteiger partial charge on any atom is -0.465 e. The van der Waals surface area contributed by atoms with E-state index in [9.17, 15) is 10.1 Å². The van der Waals surface area contributed by atoms with Gasteiger partial charge in [0, 0.05) is 0 Å². The number of nitrogens with zero attached hydrogens (tertiary/aromatic N) is 1. The first kappa shape index (κ1) is 23.8. The summed E-state index contributed by atoms with van der Waals surface area (Å²) in [5.41, 5.74) is 1.93. The number of esters is 1. The van der Waals surface area contributed by atoms with Crippen LogP contribution in [0.4, 0.5) is 0 Å². The Morgan fingerprint density at radius 3 is 1.88 bits per heavy atom. The van der Waals surface area contributed by atoms with Gasteiger partial charge in [0.05, 0.1) is 18.1 Å². The summed E-state index contributed by atoms with van der Waals surface area (Å²) < 4.78 is 5.54. The SMILES string of the molecule is CCOC(=O)C1(c2ccccc2)CCC(CCC(C#N)(c2ccccc2)c2ccccc2)CC1. The maximum atomic E-state index is 13.1. The van der Waals surface area contributed by atoms with Crippen LogP contribution in [0.1, 0.15) is 62.1 Å². The average Bonchev–Trinajstić information content (AvgIpc) is 2.91. The third kappa shape index (κ3) is 4.64. The lowest BCUT2D eigenvalue weighted by molar-refractivity contribution is -0.152. The monoisotopic (exact) mass is 451 g/mol. The number of rotatable bonds is 8. The molecule has 1 aliphatic rings. The van der Waals surface area contributed by atoms with Gasteiger partial charge in [-0.25, -0.2) is 0 Å². The lowest BCUT2D eigenvalue weighted by Gasteiger charge is -2.39. The summed E-state index contributed by atoms with van der Waals surface area (Å²) in [6.45, 7) is 2.27. The van der Waals surface area contributed by atoms with Crippen LogP contribution >= 0.6 is 0 Å². The second-order valence-electron chi connectivity index (χ2n) is 9.40. The van der Waals surface area contributed by atoms with Crippen molar-refractivity contribution in [1.82, 2.24) is 0 Å². The van der Waals surface area contributed by atoms with E-state index in [0.29, 0.717) is 12.5 Å². The molecular weight excluding hydrogens is 418 g/mol. The summed E-state index contributed by atoms with van der Waals surface area (Å²) in [5.74, 6) is 0.381. The van der Waals surface area contributed by atoms with Crippen LogP contribution in [0.15, 0.2) is 91.0 Å². The summed E-state index contributed by atoms with van der Waals surface area (Å²) in [6.07, 6.45) is 5.20. The van der Waals surface area contributed by atoms with Gasteiger partial charge in [0.15, 0.2) is 0 Å². The van der Waals surface area contributed by atoms with Gasteiger partial charge in [0.1, 0.15) is 5.41 Å². The highest BCUT2D eigenvalue weighted by molar-refractivity contribution is 5.83. The van der Waals surface area contributed by atoms with Gasteiger partial charge >= 0.3 is 5.97 Å². The van der Waals surface area contributed by atoms with Gasteiger partial charge in [-0.2, -0.15) is 5.26 Å². The smallest absolute Gasteiger partial charge is 0.316 e. The summed E-state index contributed by atoms with van der Waals surface area (Å²) in [6, 6.07) is 33.1. The lowest BCUT2D eigenvalue weighted by Crippen LogP contribution is -2.41. The molecule has 34 heavy (non-hydrogen) atoms.